The van der Waals surface area contributed by atoms with Crippen molar-refractivity contribution in [2.24, 2.45) is 5.92 Å². The van der Waals surface area contributed by atoms with Crippen LogP contribution in [0.4, 0.5) is 0 Å². The van der Waals surface area contributed by atoms with E-state index >= 15 is 0 Å². The molecule has 1 aliphatic heterocycles. The summed E-state index contributed by atoms with van der Waals surface area (Å²) < 4.78 is 0. The molecule has 0 saturated carbocycles. The Hall–Kier alpha value is -2.77. The SMILES string of the molecule is O=C(CC(CN1CCN(Cc2ccccn2)CC1)C(=O)O)NCc1ccccc1. The van der Waals surface area contributed by atoms with Gasteiger partial charge in [-0.15, -0.1) is 0 Å². The fourth-order valence-electron chi connectivity index (χ4n) is 3.48. The highest BCUT2D eigenvalue weighted by atomic mass is 16.4. The maximum absolute atomic E-state index is 12.2. The molecule has 0 radical (unpaired) electrons. The van der Waals surface area contributed by atoms with Gasteiger partial charge < -0.3 is 10.4 Å². The zero-order chi connectivity index (χ0) is 20.5. The quantitative estimate of drug-likeness (QED) is 0.670. The molecule has 2 N–H and O–H groups in total. The zero-order valence-corrected chi connectivity index (χ0v) is 16.5. The lowest BCUT2D eigenvalue weighted by atomic mass is 10.0. The number of carboxylic acid groups (broad SMARTS) is 1. The monoisotopic (exact) mass is 396 g/mol. The summed E-state index contributed by atoms with van der Waals surface area (Å²) in [5.41, 5.74) is 2.04. The second-order valence-corrected chi connectivity index (χ2v) is 7.40. The van der Waals surface area contributed by atoms with Crippen LogP contribution in [0.15, 0.2) is 54.7 Å². The average Bonchev–Trinajstić information content (AvgIpc) is 2.74. The topological polar surface area (TPSA) is 85.8 Å². The fraction of sp³-hybridized carbons (Fsp3) is 0.409. The Balaban J connectivity index is 1.42. The highest BCUT2D eigenvalue weighted by molar-refractivity contribution is 5.82. The van der Waals surface area contributed by atoms with E-state index in [2.05, 4.69) is 20.1 Å². The van der Waals surface area contributed by atoms with Crippen molar-refractivity contribution < 1.29 is 14.7 Å². The first-order valence-electron chi connectivity index (χ1n) is 9.98. The fourth-order valence-corrected chi connectivity index (χ4v) is 3.48. The van der Waals surface area contributed by atoms with Crippen molar-refractivity contribution in [1.29, 1.82) is 0 Å². The molecular weight excluding hydrogens is 368 g/mol. The summed E-state index contributed by atoms with van der Waals surface area (Å²) in [5, 5.41) is 12.4. The lowest BCUT2D eigenvalue weighted by Crippen LogP contribution is -2.48. The molecule has 7 heteroatoms. The Kier molecular flexibility index (Phi) is 7.72. The van der Waals surface area contributed by atoms with Crippen molar-refractivity contribution >= 4 is 11.9 Å². The van der Waals surface area contributed by atoms with E-state index in [1.807, 2.05) is 48.5 Å². The van der Waals surface area contributed by atoms with Gasteiger partial charge in [0.05, 0.1) is 11.6 Å². The Morgan fingerprint density at radius 3 is 2.34 bits per heavy atom. The van der Waals surface area contributed by atoms with Crippen LogP contribution in [0.2, 0.25) is 0 Å². The van der Waals surface area contributed by atoms with Gasteiger partial charge in [-0.2, -0.15) is 0 Å². The van der Waals surface area contributed by atoms with Gasteiger partial charge in [0.25, 0.3) is 0 Å². The van der Waals surface area contributed by atoms with E-state index in [1.54, 1.807) is 6.20 Å². The summed E-state index contributed by atoms with van der Waals surface area (Å²) in [6.45, 7) is 4.93. The number of aliphatic carboxylic acids is 1. The highest BCUT2D eigenvalue weighted by Gasteiger charge is 2.26. The van der Waals surface area contributed by atoms with Gasteiger partial charge in [-0.05, 0) is 17.7 Å². The maximum atomic E-state index is 12.2. The highest BCUT2D eigenvalue weighted by Crippen LogP contribution is 2.12. The Labute approximate surface area is 171 Å². The predicted octanol–water partition coefficient (Wildman–Crippen LogP) is 1.61. The molecule has 1 unspecified atom stereocenters. The van der Waals surface area contributed by atoms with Crippen LogP contribution in [0, 0.1) is 5.92 Å². The van der Waals surface area contributed by atoms with Crippen molar-refractivity contribution in [1.82, 2.24) is 20.1 Å². The van der Waals surface area contributed by atoms with Gasteiger partial charge in [0.1, 0.15) is 0 Å². The van der Waals surface area contributed by atoms with Gasteiger partial charge in [-0.3, -0.25) is 24.4 Å². The van der Waals surface area contributed by atoms with Crippen LogP contribution in [-0.2, 0) is 22.7 Å². The van der Waals surface area contributed by atoms with Crippen molar-refractivity contribution in [2.45, 2.75) is 19.5 Å². The molecule has 2 aromatic rings. The molecule has 0 bridgehead atoms. The number of nitrogens with zero attached hydrogens (tertiary/aromatic N) is 3. The molecular formula is C22H28N4O3. The van der Waals surface area contributed by atoms with Gasteiger partial charge in [-0.1, -0.05) is 36.4 Å². The summed E-state index contributed by atoms with van der Waals surface area (Å²) in [6, 6.07) is 15.5. The Morgan fingerprint density at radius 2 is 1.69 bits per heavy atom. The molecule has 1 aromatic heterocycles. The molecule has 1 aliphatic rings. The molecule has 1 amide bonds. The van der Waals surface area contributed by atoms with Gasteiger partial charge in [0, 0.05) is 58.4 Å². The third-order valence-electron chi connectivity index (χ3n) is 5.17. The van der Waals surface area contributed by atoms with Crippen LogP contribution in [0.1, 0.15) is 17.7 Å². The lowest BCUT2D eigenvalue weighted by Gasteiger charge is -2.35. The second-order valence-electron chi connectivity index (χ2n) is 7.40. The molecule has 0 spiro atoms. The average molecular weight is 396 g/mol. The van der Waals surface area contributed by atoms with Gasteiger partial charge >= 0.3 is 5.97 Å². The van der Waals surface area contributed by atoms with Crippen LogP contribution in [0.25, 0.3) is 0 Å². The first kappa shape index (κ1) is 21.0. The largest absolute Gasteiger partial charge is 0.481 e. The summed E-state index contributed by atoms with van der Waals surface area (Å²) in [5.74, 6) is -1.85. The first-order chi connectivity index (χ1) is 14.1. The minimum absolute atomic E-state index is 0.00365. The van der Waals surface area contributed by atoms with Crippen LogP contribution < -0.4 is 5.32 Å². The summed E-state index contributed by atoms with van der Waals surface area (Å²) in [4.78, 5) is 32.7. The van der Waals surface area contributed by atoms with Gasteiger partial charge in [0.2, 0.25) is 5.91 Å². The Bertz CT molecular complexity index is 777. The number of pyridine rings is 1. The van der Waals surface area contributed by atoms with E-state index in [0.29, 0.717) is 13.1 Å². The molecule has 3 rings (SSSR count). The summed E-state index contributed by atoms with van der Waals surface area (Å²) in [6.07, 6.45) is 1.79. The molecule has 154 valence electrons. The number of rotatable bonds is 9. The number of hydrogen-bond donors (Lipinski definition) is 2. The number of benzene rings is 1. The molecule has 1 fully saturated rings. The predicted molar refractivity (Wildman–Crippen MR) is 110 cm³/mol. The number of piperazine rings is 1. The van der Waals surface area contributed by atoms with Gasteiger partial charge in [-0.25, -0.2) is 0 Å². The molecule has 0 aliphatic carbocycles. The molecule has 29 heavy (non-hydrogen) atoms. The van der Waals surface area contributed by atoms with Crippen LogP contribution in [0.3, 0.4) is 0 Å². The van der Waals surface area contributed by atoms with Crippen LogP contribution in [0.5, 0.6) is 0 Å². The standard InChI is InChI=1S/C22H28N4O3/c27-21(24-15-18-6-2-1-3-7-18)14-19(22(28)29)16-25-10-12-26(13-11-25)17-20-8-4-5-9-23-20/h1-9,19H,10-17H2,(H,24,27)(H,28,29). The third kappa shape index (κ3) is 6.96. The molecule has 2 heterocycles. The Morgan fingerprint density at radius 1 is 1.00 bits per heavy atom. The number of aromatic nitrogens is 1. The van der Waals surface area contributed by atoms with Gasteiger partial charge in [0.15, 0.2) is 0 Å². The van der Waals surface area contributed by atoms with Crippen molar-refractivity contribution in [3.05, 3.63) is 66.0 Å². The van der Waals surface area contributed by atoms with Crippen LogP contribution >= 0.6 is 0 Å². The van der Waals surface area contributed by atoms with Crippen LogP contribution in [-0.4, -0.2) is 64.5 Å². The molecule has 1 aromatic carbocycles. The maximum Gasteiger partial charge on any atom is 0.308 e. The minimum atomic E-state index is -0.921. The van der Waals surface area contributed by atoms with Crippen molar-refractivity contribution in [2.75, 3.05) is 32.7 Å². The third-order valence-corrected chi connectivity index (χ3v) is 5.17. The molecule has 1 saturated heterocycles. The smallest absolute Gasteiger partial charge is 0.308 e. The number of amides is 1. The minimum Gasteiger partial charge on any atom is -0.481 e. The number of carboxylic acids is 1. The van der Waals surface area contributed by atoms with Crippen molar-refractivity contribution in [3.8, 4) is 0 Å². The van der Waals surface area contributed by atoms with E-state index in [0.717, 1.165) is 44.0 Å². The van der Waals surface area contributed by atoms with E-state index in [4.69, 9.17) is 0 Å². The lowest BCUT2D eigenvalue weighted by molar-refractivity contribution is -0.145. The van der Waals surface area contributed by atoms with Crippen molar-refractivity contribution in [3.63, 3.8) is 0 Å². The normalized spacial score (nSPS) is 16.3. The molecule has 7 nitrogen and oxygen atoms in total. The number of carbonyl (C=O) groups is 2. The zero-order valence-electron chi connectivity index (χ0n) is 16.5. The number of hydrogen-bond acceptors (Lipinski definition) is 5. The summed E-state index contributed by atoms with van der Waals surface area (Å²) in [7, 11) is 0. The van der Waals surface area contributed by atoms with E-state index in [-0.39, 0.29) is 12.3 Å². The second kappa shape index (κ2) is 10.7. The number of carbonyl (C=O) groups excluding carboxylic acids is 1. The van der Waals surface area contributed by atoms with E-state index in [9.17, 15) is 14.7 Å². The first-order valence-corrected chi connectivity index (χ1v) is 9.98. The van der Waals surface area contributed by atoms with E-state index < -0.39 is 11.9 Å². The van der Waals surface area contributed by atoms with E-state index in [1.165, 1.54) is 0 Å². The molecule has 1 atom stereocenters. The summed E-state index contributed by atoms with van der Waals surface area (Å²) >= 11 is 0. The number of nitrogens with one attached hydrogen (secondary N) is 1.